The van der Waals surface area contributed by atoms with Gasteiger partial charge in [0.15, 0.2) is 5.82 Å². The number of carbonyl (C=O) groups excluding carboxylic acids is 1. The van der Waals surface area contributed by atoms with Crippen LogP contribution >= 0.6 is 11.3 Å². The van der Waals surface area contributed by atoms with Crippen LogP contribution in [0.4, 0.5) is 10.8 Å². The Hall–Kier alpha value is -2.74. The van der Waals surface area contributed by atoms with Gasteiger partial charge in [-0.05, 0) is 36.6 Å². The lowest BCUT2D eigenvalue weighted by atomic mass is 10.3. The van der Waals surface area contributed by atoms with Gasteiger partial charge in [0.25, 0.3) is 5.91 Å². The molecule has 1 aliphatic heterocycles. The molecule has 0 spiro atoms. The average molecular weight is 366 g/mol. The highest BCUT2D eigenvalue weighted by Crippen LogP contribution is 2.39. The molecule has 26 heavy (non-hydrogen) atoms. The van der Waals surface area contributed by atoms with E-state index in [4.69, 9.17) is 4.98 Å². The van der Waals surface area contributed by atoms with Crippen LogP contribution in [0.5, 0.6) is 0 Å². The van der Waals surface area contributed by atoms with E-state index < -0.39 is 0 Å². The molecular weight excluding hydrogens is 348 g/mol. The number of pyridine rings is 1. The first-order valence-corrected chi connectivity index (χ1v) is 9.42. The van der Waals surface area contributed by atoms with Gasteiger partial charge in [0.1, 0.15) is 17.8 Å². The highest BCUT2D eigenvalue weighted by Gasteiger charge is 2.33. The number of thiophene rings is 1. The molecule has 3 aromatic rings. The topological polar surface area (TPSA) is 67.2 Å². The quantitative estimate of drug-likeness (QED) is 0.710. The largest absolute Gasteiger partial charge is 0.370 e. The summed E-state index contributed by atoms with van der Waals surface area (Å²) in [7, 11) is 3.98. The molecule has 2 aliphatic rings. The van der Waals surface area contributed by atoms with E-state index in [1.807, 2.05) is 37.2 Å². The molecule has 1 fully saturated rings. The molecule has 7 nitrogen and oxygen atoms in total. The van der Waals surface area contributed by atoms with E-state index in [0.29, 0.717) is 18.4 Å². The van der Waals surface area contributed by atoms with Crippen molar-refractivity contribution in [3.8, 4) is 11.5 Å². The first kappa shape index (κ1) is 15.5. The molecule has 3 aromatic heterocycles. The molecule has 132 valence electrons. The number of nitrogens with zero attached hydrogens (tertiary/aromatic N) is 6. The highest BCUT2D eigenvalue weighted by atomic mass is 32.1. The Bertz CT molecular complexity index is 1000. The molecule has 0 atom stereocenters. The zero-order chi connectivity index (χ0) is 17.8. The van der Waals surface area contributed by atoms with E-state index >= 15 is 0 Å². The number of anilines is 2. The summed E-state index contributed by atoms with van der Waals surface area (Å²) in [6, 6.07) is 8.30. The van der Waals surface area contributed by atoms with Crippen molar-refractivity contribution in [1.29, 1.82) is 0 Å². The third kappa shape index (κ3) is 2.40. The molecule has 0 saturated heterocycles. The highest BCUT2D eigenvalue weighted by molar-refractivity contribution is 7.18. The second-order valence-corrected chi connectivity index (χ2v) is 7.93. The zero-order valence-electron chi connectivity index (χ0n) is 14.6. The maximum Gasteiger partial charge on any atom is 0.270 e. The van der Waals surface area contributed by atoms with E-state index in [9.17, 15) is 4.79 Å². The SMILES string of the molecule is CN(C)c1cc2c(s1)C(=O)N(c1cccc(-c3nncn3C3CC3)n1)C2. The van der Waals surface area contributed by atoms with Gasteiger partial charge in [0.2, 0.25) is 0 Å². The maximum absolute atomic E-state index is 12.9. The van der Waals surface area contributed by atoms with Gasteiger partial charge in [-0.3, -0.25) is 9.69 Å². The molecule has 1 saturated carbocycles. The van der Waals surface area contributed by atoms with Gasteiger partial charge in [-0.25, -0.2) is 4.98 Å². The normalized spacial score (nSPS) is 16.2. The Morgan fingerprint density at radius 1 is 1.27 bits per heavy atom. The molecule has 5 rings (SSSR count). The van der Waals surface area contributed by atoms with Crippen LogP contribution in [0.1, 0.15) is 34.1 Å². The Morgan fingerprint density at radius 3 is 2.85 bits per heavy atom. The van der Waals surface area contributed by atoms with Crippen LogP contribution in [0.2, 0.25) is 0 Å². The van der Waals surface area contributed by atoms with Gasteiger partial charge in [0.05, 0.1) is 16.4 Å². The van der Waals surface area contributed by atoms with Gasteiger partial charge in [-0.1, -0.05) is 6.07 Å². The molecule has 4 heterocycles. The predicted molar refractivity (Wildman–Crippen MR) is 101 cm³/mol. The Balaban J connectivity index is 1.47. The number of amides is 1. The summed E-state index contributed by atoms with van der Waals surface area (Å²) in [6.07, 6.45) is 4.08. The molecule has 8 heteroatoms. The van der Waals surface area contributed by atoms with E-state index in [1.54, 1.807) is 11.2 Å². The van der Waals surface area contributed by atoms with Gasteiger partial charge < -0.3 is 9.47 Å². The van der Waals surface area contributed by atoms with Crippen LogP contribution in [0.3, 0.4) is 0 Å². The predicted octanol–water partition coefficient (Wildman–Crippen LogP) is 2.96. The molecule has 0 N–H and O–H groups in total. The summed E-state index contributed by atoms with van der Waals surface area (Å²) in [5, 5.41) is 9.38. The Kier molecular flexibility index (Phi) is 3.36. The fourth-order valence-corrected chi connectivity index (χ4v) is 4.27. The lowest BCUT2D eigenvalue weighted by molar-refractivity contribution is 0.0999. The third-order valence-corrected chi connectivity index (χ3v) is 6.09. The van der Waals surface area contributed by atoms with Crippen molar-refractivity contribution in [2.45, 2.75) is 25.4 Å². The smallest absolute Gasteiger partial charge is 0.270 e. The number of carbonyl (C=O) groups is 1. The van der Waals surface area contributed by atoms with Crippen molar-refractivity contribution in [3.05, 3.63) is 41.0 Å². The van der Waals surface area contributed by atoms with Crippen LogP contribution in [-0.4, -0.2) is 39.8 Å². The van der Waals surface area contributed by atoms with Crippen LogP contribution in [0.15, 0.2) is 30.6 Å². The Morgan fingerprint density at radius 2 is 2.12 bits per heavy atom. The van der Waals surface area contributed by atoms with Crippen molar-refractivity contribution in [2.75, 3.05) is 23.9 Å². The molecule has 0 bridgehead atoms. The van der Waals surface area contributed by atoms with E-state index in [-0.39, 0.29) is 5.91 Å². The van der Waals surface area contributed by atoms with Crippen molar-refractivity contribution >= 4 is 28.1 Å². The minimum Gasteiger partial charge on any atom is -0.370 e. The fraction of sp³-hybridized carbons (Fsp3) is 0.333. The van der Waals surface area contributed by atoms with Crippen LogP contribution in [-0.2, 0) is 6.54 Å². The van der Waals surface area contributed by atoms with Crippen molar-refractivity contribution in [3.63, 3.8) is 0 Å². The van der Waals surface area contributed by atoms with Crippen LogP contribution < -0.4 is 9.80 Å². The summed E-state index contributed by atoms with van der Waals surface area (Å²) in [5.41, 5.74) is 1.82. The molecular formula is C18H18N6OS. The molecule has 1 amide bonds. The lowest BCUT2D eigenvalue weighted by Gasteiger charge is -2.16. The fourth-order valence-electron chi connectivity index (χ4n) is 3.23. The average Bonchev–Trinajstić information content (AvgIpc) is 3.08. The molecule has 0 unspecified atom stereocenters. The van der Waals surface area contributed by atoms with Gasteiger partial charge >= 0.3 is 0 Å². The van der Waals surface area contributed by atoms with Crippen molar-refractivity contribution in [1.82, 2.24) is 19.7 Å². The van der Waals surface area contributed by atoms with Gasteiger partial charge in [0, 0.05) is 20.1 Å². The number of rotatable bonds is 4. The molecule has 0 aromatic carbocycles. The standard InChI is InChI=1S/C18H18N6OS/c1-22(2)15-8-11-9-23(18(25)16(11)26-15)14-5-3-4-13(20-14)17-21-19-10-24(17)12-6-7-12/h3-5,8,10,12H,6-7,9H2,1-2H3. The first-order valence-electron chi connectivity index (χ1n) is 8.60. The van der Waals surface area contributed by atoms with E-state index in [1.165, 1.54) is 11.3 Å². The second-order valence-electron chi connectivity index (χ2n) is 6.90. The van der Waals surface area contributed by atoms with Crippen molar-refractivity contribution < 1.29 is 4.79 Å². The Labute approximate surface area is 154 Å². The minimum absolute atomic E-state index is 0.0198. The summed E-state index contributed by atoms with van der Waals surface area (Å²) in [4.78, 5) is 22.2. The summed E-state index contributed by atoms with van der Waals surface area (Å²) >= 11 is 1.53. The van der Waals surface area contributed by atoms with Crippen LogP contribution in [0, 0.1) is 0 Å². The van der Waals surface area contributed by atoms with E-state index in [2.05, 4.69) is 20.8 Å². The molecule has 0 radical (unpaired) electrons. The van der Waals surface area contributed by atoms with Gasteiger partial charge in [-0.2, -0.15) is 0 Å². The summed E-state index contributed by atoms with van der Waals surface area (Å²) in [5.74, 6) is 1.45. The number of hydrogen-bond donors (Lipinski definition) is 0. The summed E-state index contributed by atoms with van der Waals surface area (Å²) in [6.45, 7) is 0.560. The van der Waals surface area contributed by atoms with Crippen molar-refractivity contribution in [2.24, 2.45) is 0 Å². The number of hydrogen-bond acceptors (Lipinski definition) is 6. The number of aromatic nitrogens is 4. The lowest BCUT2D eigenvalue weighted by Crippen LogP contribution is -2.24. The van der Waals surface area contributed by atoms with E-state index in [0.717, 1.165) is 39.8 Å². The van der Waals surface area contributed by atoms with Gasteiger partial charge in [-0.15, -0.1) is 21.5 Å². The minimum atomic E-state index is 0.0198. The second kappa shape index (κ2) is 5.63. The monoisotopic (exact) mass is 366 g/mol. The first-order chi connectivity index (χ1) is 12.6. The molecule has 1 aliphatic carbocycles. The third-order valence-electron chi connectivity index (χ3n) is 4.76. The maximum atomic E-state index is 12.9. The van der Waals surface area contributed by atoms with Crippen LogP contribution in [0.25, 0.3) is 11.5 Å². The zero-order valence-corrected chi connectivity index (χ0v) is 15.4. The number of fused-ring (bicyclic) bond motifs is 1. The summed E-state index contributed by atoms with van der Waals surface area (Å²) < 4.78 is 2.08.